The highest BCUT2D eigenvalue weighted by Crippen LogP contribution is 2.21. The van der Waals surface area contributed by atoms with Crippen LogP contribution in [0.5, 0.6) is 0 Å². The largest absolute Gasteiger partial charge is 0.348 e. The minimum absolute atomic E-state index is 0.188. The molecule has 152 valence electrons. The predicted octanol–water partition coefficient (Wildman–Crippen LogP) is 2.50. The molecule has 7 nitrogen and oxygen atoms in total. The predicted molar refractivity (Wildman–Crippen MR) is 112 cm³/mol. The molecule has 0 bridgehead atoms. The minimum atomic E-state index is -3.66. The number of sulfonamides is 1. The van der Waals surface area contributed by atoms with E-state index in [1.165, 1.54) is 12.1 Å². The summed E-state index contributed by atoms with van der Waals surface area (Å²) in [6.45, 7) is 1.37. The fourth-order valence-electron chi connectivity index (χ4n) is 2.51. The van der Waals surface area contributed by atoms with Crippen molar-refractivity contribution in [3.05, 3.63) is 58.6 Å². The summed E-state index contributed by atoms with van der Waals surface area (Å²) in [5.41, 5.74) is 1.08. The molecule has 28 heavy (non-hydrogen) atoms. The number of hydrogen-bond acceptors (Lipinski definition) is 5. The first-order valence-corrected chi connectivity index (χ1v) is 12.7. The van der Waals surface area contributed by atoms with E-state index in [2.05, 4.69) is 21.2 Å². The zero-order valence-corrected chi connectivity index (χ0v) is 18.8. The molecule has 2 aromatic rings. The molecule has 2 aromatic carbocycles. The lowest BCUT2D eigenvalue weighted by atomic mass is 10.1. The zero-order valence-electron chi connectivity index (χ0n) is 15.6. The monoisotopic (exact) mass is 488 g/mol. The molecular formula is C18H21BrN2O5S2. The topological polar surface area (TPSA) is 101 Å². The van der Waals surface area contributed by atoms with E-state index in [0.717, 1.165) is 21.3 Å². The second-order valence-corrected chi connectivity index (χ2v) is 11.2. The molecule has 10 heteroatoms. The van der Waals surface area contributed by atoms with Gasteiger partial charge in [-0.3, -0.25) is 9.10 Å². The normalized spacial score (nSPS) is 13.0. The molecule has 0 fully saturated rings. The molecule has 2 rings (SSSR count). The second-order valence-electron chi connectivity index (χ2n) is 6.38. The van der Waals surface area contributed by atoms with Crippen molar-refractivity contribution in [2.75, 3.05) is 23.4 Å². The van der Waals surface area contributed by atoms with Crippen LogP contribution in [-0.4, -0.2) is 41.8 Å². The smallest absolute Gasteiger partial charge is 0.241 e. The first kappa shape index (κ1) is 22.4. The van der Waals surface area contributed by atoms with Crippen molar-refractivity contribution in [1.29, 1.82) is 0 Å². The van der Waals surface area contributed by atoms with Gasteiger partial charge in [-0.15, -0.1) is 0 Å². The van der Waals surface area contributed by atoms with Crippen molar-refractivity contribution in [3.63, 3.8) is 0 Å². The van der Waals surface area contributed by atoms with Gasteiger partial charge in [0.2, 0.25) is 15.9 Å². The highest BCUT2D eigenvalue weighted by molar-refractivity contribution is 9.10. The van der Waals surface area contributed by atoms with Crippen molar-refractivity contribution in [3.8, 4) is 0 Å². The highest BCUT2D eigenvalue weighted by Gasteiger charge is 2.22. The van der Waals surface area contributed by atoms with Gasteiger partial charge in [-0.25, -0.2) is 16.8 Å². The van der Waals surface area contributed by atoms with E-state index in [-0.39, 0.29) is 11.4 Å². The van der Waals surface area contributed by atoms with E-state index >= 15 is 0 Å². The minimum Gasteiger partial charge on any atom is -0.348 e. The van der Waals surface area contributed by atoms with E-state index in [0.29, 0.717) is 11.3 Å². The maximum absolute atomic E-state index is 12.4. The number of sulfone groups is 1. The summed E-state index contributed by atoms with van der Waals surface area (Å²) in [6, 6.07) is 12.3. The molecule has 0 radical (unpaired) electrons. The van der Waals surface area contributed by atoms with Crippen molar-refractivity contribution < 1.29 is 21.6 Å². The molecule has 1 N–H and O–H groups in total. The van der Waals surface area contributed by atoms with E-state index in [1.54, 1.807) is 43.3 Å². The van der Waals surface area contributed by atoms with Crippen molar-refractivity contribution in [2.24, 2.45) is 0 Å². The Morgan fingerprint density at radius 1 is 1.00 bits per heavy atom. The van der Waals surface area contributed by atoms with Gasteiger partial charge in [0, 0.05) is 10.7 Å². The van der Waals surface area contributed by atoms with Crippen LogP contribution in [0.2, 0.25) is 0 Å². The van der Waals surface area contributed by atoms with Crippen molar-refractivity contribution in [1.82, 2.24) is 5.32 Å². The number of halogens is 1. The first-order chi connectivity index (χ1) is 12.9. The molecule has 0 heterocycles. The van der Waals surface area contributed by atoms with E-state index in [4.69, 9.17) is 0 Å². The summed E-state index contributed by atoms with van der Waals surface area (Å²) < 4.78 is 49.1. The zero-order chi connectivity index (χ0) is 21.1. The van der Waals surface area contributed by atoms with Gasteiger partial charge in [0.25, 0.3) is 0 Å². The highest BCUT2D eigenvalue weighted by atomic mass is 79.9. The van der Waals surface area contributed by atoms with Gasteiger partial charge < -0.3 is 5.32 Å². The second kappa shape index (κ2) is 8.62. The molecule has 0 spiro atoms. The van der Waals surface area contributed by atoms with Crippen molar-refractivity contribution >= 4 is 47.4 Å². The number of carbonyl (C=O) groups excluding carboxylic acids is 1. The Kier molecular flexibility index (Phi) is 6.89. The third kappa shape index (κ3) is 6.05. The lowest BCUT2D eigenvalue weighted by Crippen LogP contribution is -2.41. The Morgan fingerprint density at radius 3 is 2.00 bits per heavy atom. The Hall–Kier alpha value is -1.91. The maximum Gasteiger partial charge on any atom is 0.241 e. The van der Waals surface area contributed by atoms with Crippen LogP contribution >= 0.6 is 15.9 Å². The van der Waals surface area contributed by atoms with E-state index in [1.807, 2.05) is 0 Å². The third-order valence-electron chi connectivity index (χ3n) is 3.99. The molecule has 0 aliphatic carbocycles. The summed E-state index contributed by atoms with van der Waals surface area (Å²) in [5.74, 6) is -0.479. The first-order valence-electron chi connectivity index (χ1n) is 8.20. The Morgan fingerprint density at radius 2 is 1.54 bits per heavy atom. The average Bonchev–Trinajstić information content (AvgIpc) is 2.59. The number of rotatable bonds is 7. The number of nitrogens with one attached hydrogen (secondary N) is 1. The number of nitrogens with zero attached hydrogens (tertiary/aromatic N) is 1. The van der Waals surface area contributed by atoms with Crippen LogP contribution in [0.1, 0.15) is 18.5 Å². The number of anilines is 1. The fourth-order valence-corrected chi connectivity index (χ4v) is 4.26. The van der Waals surface area contributed by atoms with Crippen molar-refractivity contribution in [2.45, 2.75) is 17.9 Å². The van der Waals surface area contributed by atoms with Crippen LogP contribution in [0.3, 0.4) is 0 Å². The van der Waals surface area contributed by atoms with Gasteiger partial charge in [-0.05, 0) is 48.9 Å². The summed E-state index contributed by atoms with van der Waals surface area (Å²) in [5, 5.41) is 2.73. The molecular weight excluding hydrogens is 468 g/mol. The molecule has 0 saturated heterocycles. The van der Waals surface area contributed by atoms with Gasteiger partial charge in [-0.1, -0.05) is 28.1 Å². The molecule has 0 aromatic heterocycles. The standard InChI is InChI=1S/C18H21BrN2O5S2/c1-13(14-4-10-17(11-5-14)27(2,23)24)20-18(22)12-21(28(3,25)26)16-8-6-15(19)7-9-16/h4-11,13H,12H2,1-3H3,(H,20,22). The van der Waals surface area contributed by atoms with E-state index in [9.17, 15) is 21.6 Å². The number of hydrogen-bond donors (Lipinski definition) is 1. The van der Waals surface area contributed by atoms with Crippen LogP contribution in [0.25, 0.3) is 0 Å². The number of carbonyl (C=O) groups is 1. The summed E-state index contributed by atoms with van der Waals surface area (Å²) in [4.78, 5) is 12.6. The SMILES string of the molecule is CC(NC(=O)CN(c1ccc(Br)cc1)S(C)(=O)=O)c1ccc(S(C)(=O)=O)cc1. The third-order valence-corrected chi connectivity index (χ3v) is 6.79. The van der Waals surface area contributed by atoms with Gasteiger partial charge in [0.05, 0.1) is 22.9 Å². The maximum atomic E-state index is 12.4. The molecule has 1 atom stereocenters. The Labute approximate surface area is 173 Å². The summed E-state index contributed by atoms with van der Waals surface area (Å²) >= 11 is 3.29. The Balaban J connectivity index is 2.13. The average molecular weight is 489 g/mol. The van der Waals surface area contributed by atoms with Gasteiger partial charge in [0.1, 0.15) is 6.54 Å². The Bertz CT molecular complexity index is 1050. The lowest BCUT2D eigenvalue weighted by molar-refractivity contribution is -0.120. The van der Waals surface area contributed by atoms with Crippen LogP contribution in [-0.2, 0) is 24.7 Å². The fraction of sp³-hybridized carbons (Fsp3) is 0.278. The van der Waals surface area contributed by atoms with E-state index < -0.39 is 31.8 Å². The molecule has 1 unspecified atom stereocenters. The lowest BCUT2D eigenvalue weighted by Gasteiger charge is -2.23. The molecule has 0 aliphatic heterocycles. The van der Waals surface area contributed by atoms with Gasteiger partial charge in [-0.2, -0.15) is 0 Å². The molecule has 0 saturated carbocycles. The summed E-state index contributed by atoms with van der Waals surface area (Å²) in [6.07, 6.45) is 2.16. The molecule has 1 amide bonds. The number of benzene rings is 2. The van der Waals surface area contributed by atoms with Crippen LogP contribution < -0.4 is 9.62 Å². The van der Waals surface area contributed by atoms with Crippen LogP contribution in [0.15, 0.2) is 57.9 Å². The van der Waals surface area contributed by atoms with Gasteiger partial charge in [0.15, 0.2) is 9.84 Å². The number of amides is 1. The quantitative estimate of drug-likeness (QED) is 0.644. The summed E-state index contributed by atoms with van der Waals surface area (Å²) in [7, 11) is -6.96. The molecule has 0 aliphatic rings. The van der Waals surface area contributed by atoms with Crippen LogP contribution in [0.4, 0.5) is 5.69 Å². The van der Waals surface area contributed by atoms with Gasteiger partial charge >= 0.3 is 0 Å². The van der Waals surface area contributed by atoms with Crippen LogP contribution in [0, 0.1) is 0 Å².